The van der Waals surface area contributed by atoms with Gasteiger partial charge in [0.1, 0.15) is 5.82 Å². The fourth-order valence-electron chi connectivity index (χ4n) is 6.83. The Kier molecular flexibility index (Phi) is 9.50. The number of benzene rings is 3. The largest absolute Gasteiger partial charge is 0.206 e. The molecule has 3 heteroatoms. The Bertz CT molecular complexity index is 1310. The van der Waals surface area contributed by atoms with Gasteiger partial charge < -0.3 is 0 Å². The fourth-order valence-corrected chi connectivity index (χ4v) is 6.83. The molecule has 1 unspecified atom stereocenters. The summed E-state index contributed by atoms with van der Waals surface area (Å²) in [5.41, 5.74) is 4.74. The Hall–Kier alpha value is -2.81. The van der Waals surface area contributed by atoms with Crippen molar-refractivity contribution in [3.8, 4) is 22.3 Å². The van der Waals surface area contributed by atoms with Crippen molar-refractivity contribution in [1.82, 2.24) is 0 Å². The maximum Gasteiger partial charge on any atom is 0.166 e. The van der Waals surface area contributed by atoms with Crippen LogP contribution < -0.4 is 0 Å². The molecule has 0 saturated heterocycles. The Balaban J connectivity index is 1.25. The van der Waals surface area contributed by atoms with Crippen molar-refractivity contribution in [3.63, 3.8) is 0 Å². The first-order chi connectivity index (χ1) is 19.4. The van der Waals surface area contributed by atoms with Crippen molar-refractivity contribution >= 4 is 5.57 Å². The van der Waals surface area contributed by atoms with Gasteiger partial charge >= 0.3 is 0 Å². The van der Waals surface area contributed by atoms with E-state index < -0.39 is 11.6 Å². The SMILES string of the molecule is CCCCCCc1ccc(-c2ccc(-c3ccc(C4=CCC(C5CCC(C)CC5)CC4)cc3F)cc2)c(F)c1F. The van der Waals surface area contributed by atoms with Crippen LogP contribution in [0.4, 0.5) is 13.2 Å². The van der Waals surface area contributed by atoms with Gasteiger partial charge in [-0.15, -0.1) is 0 Å². The molecule has 3 aromatic rings. The van der Waals surface area contributed by atoms with E-state index in [9.17, 15) is 8.78 Å². The highest BCUT2D eigenvalue weighted by Crippen LogP contribution is 2.41. The number of hydrogen-bond donors (Lipinski definition) is 0. The lowest BCUT2D eigenvalue weighted by Crippen LogP contribution is -2.22. The molecule has 0 spiro atoms. The van der Waals surface area contributed by atoms with Crippen LogP contribution in [0.25, 0.3) is 27.8 Å². The van der Waals surface area contributed by atoms with Crippen LogP contribution in [0.2, 0.25) is 0 Å². The first-order valence-electron chi connectivity index (χ1n) is 15.5. The van der Waals surface area contributed by atoms with Gasteiger partial charge in [-0.1, -0.05) is 101 Å². The highest BCUT2D eigenvalue weighted by molar-refractivity contribution is 5.74. The first kappa shape index (κ1) is 28.7. The average molecular weight is 545 g/mol. The number of aryl methyl sites for hydroxylation is 1. The second-order valence-corrected chi connectivity index (χ2v) is 12.3. The predicted octanol–water partition coefficient (Wildman–Crippen LogP) is 11.6. The monoisotopic (exact) mass is 544 g/mol. The van der Waals surface area contributed by atoms with Gasteiger partial charge in [0.15, 0.2) is 11.6 Å². The van der Waals surface area contributed by atoms with E-state index in [0.29, 0.717) is 23.1 Å². The summed E-state index contributed by atoms with van der Waals surface area (Å²) in [6.07, 6.45) is 15.8. The van der Waals surface area contributed by atoms with Crippen LogP contribution in [-0.2, 0) is 6.42 Å². The Labute approximate surface area is 238 Å². The minimum Gasteiger partial charge on any atom is -0.206 e. The van der Waals surface area contributed by atoms with Gasteiger partial charge in [0.25, 0.3) is 0 Å². The molecule has 1 fully saturated rings. The van der Waals surface area contributed by atoms with Crippen molar-refractivity contribution in [1.29, 1.82) is 0 Å². The molecule has 0 nitrogen and oxygen atoms in total. The lowest BCUT2D eigenvalue weighted by atomic mass is 9.71. The van der Waals surface area contributed by atoms with E-state index in [2.05, 4.69) is 19.9 Å². The first-order valence-corrected chi connectivity index (χ1v) is 15.5. The second kappa shape index (κ2) is 13.2. The summed E-state index contributed by atoms with van der Waals surface area (Å²) in [5, 5.41) is 0. The van der Waals surface area contributed by atoms with Crippen molar-refractivity contribution in [2.45, 2.75) is 90.9 Å². The normalized spacial score (nSPS) is 21.3. The van der Waals surface area contributed by atoms with Crippen LogP contribution in [0, 0.1) is 35.2 Å². The van der Waals surface area contributed by atoms with Gasteiger partial charge in [0, 0.05) is 11.1 Å². The minimum absolute atomic E-state index is 0.238. The van der Waals surface area contributed by atoms with Gasteiger partial charge in [0.05, 0.1) is 0 Å². The topological polar surface area (TPSA) is 0 Å². The summed E-state index contributed by atoms with van der Waals surface area (Å²) in [5.74, 6) is 0.700. The van der Waals surface area contributed by atoms with E-state index >= 15 is 4.39 Å². The van der Waals surface area contributed by atoms with Gasteiger partial charge in [0.2, 0.25) is 0 Å². The standard InChI is InChI=1S/C37H43F3/c1-3-4-5-6-7-31-20-23-34(37(40)36(31)39)30-18-16-29(17-19-30)33-22-21-32(24-35(33)38)28-14-12-27(13-15-28)26-10-8-25(2)9-11-26/h14,16-27H,3-13,15H2,1-2H3. The smallest absolute Gasteiger partial charge is 0.166 e. The number of unbranched alkanes of at least 4 members (excludes halogenated alkanes) is 3. The summed E-state index contributed by atoms with van der Waals surface area (Å²) >= 11 is 0. The van der Waals surface area contributed by atoms with Gasteiger partial charge in [-0.3, -0.25) is 0 Å². The molecule has 0 heterocycles. The molecule has 1 atom stereocenters. The summed E-state index contributed by atoms with van der Waals surface area (Å²) in [6.45, 7) is 4.50. The van der Waals surface area contributed by atoms with Crippen LogP contribution in [0.1, 0.15) is 95.6 Å². The molecule has 5 rings (SSSR count). The molecule has 0 N–H and O–H groups in total. The molecular weight excluding hydrogens is 501 g/mol. The number of halogens is 3. The predicted molar refractivity (Wildman–Crippen MR) is 161 cm³/mol. The highest BCUT2D eigenvalue weighted by atomic mass is 19.2. The van der Waals surface area contributed by atoms with Crippen molar-refractivity contribution in [3.05, 3.63) is 89.3 Å². The van der Waals surface area contributed by atoms with Crippen LogP contribution >= 0.6 is 0 Å². The maximum absolute atomic E-state index is 15.3. The van der Waals surface area contributed by atoms with Gasteiger partial charge in [-0.05, 0) is 96.6 Å². The number of rotatable bonds is 9. The van der Waals surface area contributed by atoms with E-state index in [-0.39, 0.29) is 11.4 Å². The van der Waals surface area contributed by atoms with Crippen LogP contribution in [-0.4, -0.2) is 0 Å². The Morgan fingerprint density at radius 2 is 1.35 bits per heavy atom. The average Bonchev–Trinajstić information content (AvgIpc) is 2.98. The molecule has 0 aromatic heterocycles. The molecule has 0 bridgehead atoms. The minimum atomic E-state index is -0.808. The molecular formula is C37H43F3. The summed E-state index contributed by atoms with van der Waals surface area (Å²) in [4.78, 5) is 0. The molecule has 1 saturated carbocycles. The zero-order chi connectivity index (χ0) is 28.1. The van der Waals surface area contributed by atoms with Gasteiger partial charge in [-0.2, -0.15) is 0 Å². The van der Waals surface area contributed by atoms with Crippen molar-refractivity contribution in [2.75, 3.05) is 0 Å². The van der Waals surface area contributed by atoms with Crippen LogP contribution in [0.15, 0.2) is 60.7 Å². The second-order valence-electron chi connectivity index (χ2n) is 12.3. The zero-order valence-electron chi connectivity index (χ0n) is 24.1. The summed E-state index contributed by atoms with van der Waals surface area (Å²) in [6, 6.07) is 16.0. The third-order valence-corrected chi connectivity index (χ3v) is 9.49. The molecule has 0 amide bonds. The molecule has 2 aliphatic rings. The third kappa shape index (κ3) is 6.56. The molecule has 212 valence electrons. The van der Waals surface area contributed by atoms with Crippen molar-refractivity contribution in [2.24, 2.45) is 17.8 Å². The Morgan fingerprint density at radius 1 is 0.675 bits per heavy atom. The summed E-state index contributed by atoms with van der Waals surface area (Å²) in [7, 11) is 0. The van der Waals surface area contributed by atoms with Gasteiger partial charge in [-0.25, -0.2) is 13.2 Å². The molecule has 2 aliphatic carbocycles. The highest BCUT2D eigenvalue weighted by Gasteiger charge is 2.27. The number of hydrogen-bond acceptors (Lipinski definition) is 0. The quantitative estimate of drug-likeness (QED) is 0.235. The zero-order valence-corrected chi connectivity index (χ0v) is 24.1. The van der Waals surface area contributed by atoms with E-state index in [1.807, 2.05) is 12.1 Å². The van der Waals surface area contributed by atoms with Crippen LogP contribution in [0.3, 0.4) is 0 Å². The van der Waals surface area contributed by atoms with E-state index in [1.54, 1.807) is 42.5 Å². The van der Waals surface area contributed by atoms with E-state index in [0.717, 1.165) is 67.4 Å². The fraction of sp³-hybridized carbons (Fsp3) is 0.459. The van der Waals surface area contributed by atoms with Crippen LogP contribution in [0.5, 0.6) is 0 Å². The van der Waals surface area contributed by atoms with E-state index in [1.165, 1.54) is 37.7 Å². The molecule has 40 heavy (non-hydrogen) atoms. The van der Waals surface area contributed by atoms with E-state index in [4.69, 9.17) is 0 Å². The maximum atomic E-state index is 15.3. The molecule has 0 radical (unpaired) electrons. The lowest BCUT2D eigenvalue weighted by molar-refractivity contribution is 0.202. The third-order valence-electron chi connectivity index (χ3n) is 9.49. The summed E-state index contributed by atoms with van der Waals surface area (Å²) < 4.78 is 45.0. The number of allylic oxidation sites excluding steroid dienone is 2. The lowest BCUT2D eigenvalue weighted by Gasteiger charge is -2.34. The molecule has 0 aliphatic heterocycles. The Morgan fingerprint density at radius 3 is 2.00 bits per heavy atom. The molecule has 3 aromatic carbocycles. The van der Waals surface area contributed by atoms with Crippen molar-refractivity contribution < 1.29 is 13.2 Å².